The predicted octanol–water partition coefficient (Wildman–Crippen LogP) is 3.13. The van der Waals surface area contributed by atoms with Gasteiger partial charge in [-0.1, -0.05) is 30.0 Å². The molecule has 28 heavy (non-hydrogen) atoms. The van der Waals surface area contributed by atoms with Gasteiger partial charge in [0, 0.05) is 11.8 Å². The van der Waals surface area contributed by atoms with Crippen LogP contribution in [-0.2, 0) is 4.79 Å². The minimum Gasteiger partial charge on any atom is -0.454 e. The lowest BCUT2D eigenvalue weighted by molar-refractivity contribution is -0.115. The number of tetrazole rings is 1. The van der Waals surface area contributed by atoms with Crippen LogP contribution in [0.5, 0.6) is 11.5 Å². The first kappa shape index (κ1) is 18.3. The highest BCUT2D eigenvalue weighted by Crippen LogP contribution is 2.34. The van der Waals surface area contributed by atoms with Crippen molar-refractivity contribution in [2.75, 3.05) is 12.1 Å². The monoisotopic (exact) mass is 397 g/mol. The predicted molar refractivity (Wildman–Crippen MR) is 105 cm³/mol. The van der Waals surface area contributed by atoms with E-state index >= 15 is 0 Å². The number of para-hydroxylation sites is 1. The van der Waals surface area contributed by atoms with Gasteiger partial charge in [0.15, 0.2) is 11.5 Å². The van der Waals surface area contributed by atoms with Crippen molar-refractivity contribution in [2.24, 2.45) is 0 Å². The first-order chi connectivity index (χ1) is 13.5. The quantitative estimate of drug-likeness (QED) is 0.661. The molecule has 0 saturated heterocycles. The zero-order valence-electron chi connectivity index (χ0n) is 15.7. The van der Waals surface area contributed by atoms with E-state index in [1.54, 1.807) is 22.9 Å². The minimum absolute atomic E-state index is 0.153. The molecule has 144 valence electrons. The van der Waals surface area contributed by atoms with E-state index in [0.29, 0.717) is 22.3 Å². The molecule has 1 aliphatic heterocycles. The van der Waals surface area contributed by atoms with Crippen molar-refractivity contribution in [3.8, 4) is 17.2 Å². The second kappa shape index (κ2) is 7.51. The van der Waals surface area contributed by atoms with Crippen molar-refractivity contribution < 1.29 is 14.3 Å². The average molecular weight is 397 g/mol. The molecule has 0 radical (unpaired) electrons. The number of fused-ring (bicyclic) bond motifs is 1. The van der Waals surface area contributed by atoms with Gasteiger partial charge in [-0.25, -0.2) is 0 Å². The number of carbonyl (C=O) groups excluding carboxylic acids is 1. The maximum atomic E-state index is 12.6. The van der Waals surface area contributed by atoms with E-state index in [1.165, 1.54) is 11.8 Å². The second-order valence-corrected chi connectivity index (χ2v) is 7.74. The van der Waals surface area contributed by atoms with Crippen LogP contribution in [0, 0.1) is 13.8 Å². The van der Waals surface area contributed by atoms with Crippen molar-refractivity contribution >= 4 is 23.4 Å². The van der Waals surface area contributed by atoms with Crippen molar-refractivity contribution in [2.45, 2.75) is 31.2 Å². The van der Waals surface area contributed by atoms with E-state index < -0.39 is 5.25 Å². The van der Waals surface area contributed by atoms with Crippen LogP contribution in [0.25, 0.3) is 5.69 Å². The van der Waals surface area contributed by atoms with Crippen LogP contribution in [-0.4, -0.2) is 38.2 Å². The Morgan fingerprint density at radius 3 is 2.71 bits per heavy atom. The van der Waals surface area contributed by atoms with Crippen LogP contribution in [0.15, 0.2) is 41.6 Å². The Morgan fingerprint density at radius 1 is 1.18 bits per heavy atom. The van der Waals surface area contributed by atoms with E-state index in [1.807, 2.05) is 39.0 Å². The molecule has 1 aromatic heterocycles. The molecule has 0 unspecified atom stereocenters. The molecule has 1 amide bonds. The number of aryl methyl sites for hydroxylation is 2. The van der Waals surface area contributed by atoms with Gasteiger partial charge in [0.05, 0.1) is 10.9 Å². The van der Waals surface area contributed by atoms with Crippen molar-refractivity contribution in [3.63, 3.8) is 0 Å². The van der Waals surface area contributed by atoms with E-state index in [9.17, 15) is 4.79 Å². The van der Waals surface area contributed by atoms with Gasteiger partial charge in [-0.05, 0) is 54.5 Å². The Kier molecular flexibility index (Phi) is 4.91. The third kappa shape index (κ3) is 3.53. The van der Waals surface area contributed by atoms with Gasteiger partial charge in [0.1, 0.15) is 0 Å². The summed E-state index contributed by atoms with van der Waals surface area (Å²) >= 11 is 1.30. The van der Waals surface area contributed by atoms with Gasteiger partial charge in [-0.15, -0.1) is 5.10 Å². The average Bonchev–Trinajstić information content (AvgIpc) is 3.31. The van der Waals surface area contributed by atoms with Crippen LogP contribution in [0.1, 0.15) is 18.1 Å². The SMILES string of the molecule is Cc1cccc(C)c1-n1nnnc1S[C@H](C)C(=O)Nc1ccc2c(c1)OCO2. The summed E-state index contributed by atoms with van der Waals surface area (Å²) in [6, 6.07) is 11.3. The lowest BCUT2D eigenvalue weighted by atomic mass is 10.1. The molecule has 9 heteroatoms. The molecule has 3 aromatic rings. The third-order valence-electron chi connectivity index (χ3n) is 4.38. The zero-order chi connectivity index (χ0) is 19.7. The summed E-state index contributed by atoms with van der Waals surface area (Å²) in [6.07, 6.45) is 0. The number of rotatable bonds is 5. The van der Waals surface area contributed by atoms with E-state index in [0.717, 1.165) is 16.8 Å². The summed E-state index contributed by atoms with van der Waals surface area (Å²) in [5.74, 6) is 1.14. The van der Waals surface area contributed by atoms with Crippen molar-refractivity contribution in [3.05, 3.63) is 47.5 Å². The topological polar surface area (TPSA) is 91.2 Å². The van der Waals surface area contributed by atoms with Crippen LogP contribution >= 0.6 is 11.8 Å². The zero-order valence-corrected chi connectivity index (χ0v) is 16.5. The summed E-state index contributed by atoms with van der Waals surface area (Å²) < 4.78 is 12.3. The molecule has 2 aromatic carbocycles. The molecule has 0 saturated carbocycles. The van der Waals surface area contributed by atoms with Gasteiger partial charge in [-0.3, -0.25) is 4.79 Å². The van der Waals surface area contributed by atoms with E-state index in [-0.39, 0.29) is 12.7 Å². The fraction of sp³-hybridized carbons (Fsp3) is 0.263. The summed E-state index contributed by atoms with van der Waals surface area (Å²) in [5, 5.41) is 15.1. The molecular weight excluding hydrogens is 378 g/mol. The molecule has 1 N–H and O–H groups in total. The second-order valence-electron chi connectivity index (χ2n) is 6.43. The Hall–Kier alpha value is -3.07. The van der Waals surface area contributed by atoms with Crippen molar-refractivity contribution in [1.82, 2.24) is 20.2 Å². The van der Waals surface area contributed by atoms with Gasteiger partial charge < -0.3 is 14.8 Å². The van der Waals surface area contributed by atoms with Crippen LogP contribution in [0.2, 0.25) is 0 Å². The summed E-state index contributed by atoms with van der Waals surface area (Å²) in [7, 11) is 0. The van der Waals surface area contributed by atoms with Crippen LogP contribution < -0.4 is 14.8 Å². The van der Waals surface area contributed by atoms with Gasteiger partial charge >= 0.3 is 0 Å². The smallest absolute Gasteiger partial charge is 0.237 e. The lowest BCUT2D eigenvalue weighted by Crippen LogP contribution is -2.23. The highest BCUT2D eigenvalue weighted by Gasteiger charge is 2.21. The normalized spacial score (nSPS) is 13.4. The number of amides is 1. The number of nitrogens with one attached hydrogen (secondary N) is 1. The highest BCUT2D eigenvalue weighted by atomic mass is 32.2. The molecule has 2 heterocycles. The molecule has 0 spiro atoms. The number of thioether (sulfide) groups is 1. The van der Waals surface area contributed by atoms with Crippen LogP contribution in [0.4, 0.5) is 5.69 Å². The third-order valence-corrected chi connectivity index (χ3v) is 5.42. The Morgan fingerprint density at radius 2 is 1.93 bits per heavy atom. The highest BCUT2D eigenvalue weighted by molar-refractivity contribution is 8.00. The number of aromatic nitrogens is 4. The first-order valence-corrected chi connectivity index (χ1v) is 9.63. The Bertz CT molecular complexity index is 1020. The lowest BCUT2D eigenvalue weighted by Gasteiger charge is -2.14. The Labute approximate surface area is 166 Å². The van der Waals surface area contributed by atoms with Gasteiger partial charge in [0.25, 0.3) is 0 Å². The first-order valence-electron chi connectivity index (χ1n) is 8.75. The molecule has 0 fully saturated rings. The number of carbonyl (C=O) groups is 1. The fourth-order valence-corrected chi connectivity index (χ4v) is 3.76. The standard InChI is InChI=1S/C19H19N5O3S/c1-11-5-4-6-12(2)17(11)24-19(21-22-23-24)28-13(3)18(25)20-14-7-8-15-16(9-14)27-10-26-15/h4-9,13H,10H2,1-3H3,(H,20,25)/t13-/m1/s1. The number of hydrogen-bond donors (Lipinski definition) is 1. The maximum Gasteiger partial charge on any atom is 0.237 e. The van der Waals surface area contributed by atoms with Gasteiger partial charge in [-0.2, -0.15) is 4.68 Å². The molecular formula is C19H19N5O3S. The van der Waals surface area contributed by atoms with Gasteiger partial charge in [0.2, 0.25) is 17.9 Å². The molecule has 4 rings (SSSR count). The fourth-order valence-electron chi connectivity index (χ4n) is 2.96. The number of ether oxygens (including phenoxy) is 2. The number of anilines is 1. The number of hydrogen-bond acceptors (Lipinski definition) is 7. The molecule has 0 aliphatic carbocycles. The molecule has 0 bridgehead atoms. The van der Waals surface area contributed by atoms with Crippen LogP contribution in [0.3, 0.4) is 0 Å². The summed E-state index contributed by atoms with van der Waals surface area (Å²) in [6.45, 7) is 6.03. The Balaban J connectivity index is 1.49. The number of benzene rings is 2. The summed E-state index contributed by atoms with van der Waals surface area (Å²) in [5.41, 5.74) is 3.70. The summed E-state index contributed by atoms with van der Waals surface area (Å²) in [4.78, 5) is 12.6. The number of nitrogens with zero attached hydrogens (tertiary/aromatic N) is 4. The maximum absolute atomic E-state index is 12.6. The minimum atomic E-state index is -0.403. The molecule has 1 aliphatic rings. The largest absolute Gasteiger partial charge is 0.454 e. The molecule has 1 atom stereocenters. The molecule has 8 nitrogen and oxygen atoms in total. The van der Waals surface area contributed by atoms with E-state index in [4.69, 9.17) is 9.47 Å². The van der Waals surface area contributed by atoms with E-state index in [2.05, 4.69) is 20.8 Å². The van der Waals surface area contributed by atoms with Crippen molar-refractivity contribution in [1.29, 1.82) is 0 Å².